The largest absolute Gasteiger partial charge is 0.483 e. The van der Waals surface area contributed by atoms with E-state index in [-0.39, 0.29) is 36.4 Å². The maximum absolute atomic E-state index is 13.9. The Morgan fingerprint density at radius 1 is 0.947 bits per heavy atom. The number of halogens is 1. The van der Waals surface area contributed by atoms with E-state index in [9.17, 15) is 9.59 Å². The predicted molar refractivity (Wildman–Crippen MR) is 154 cm³/mol. The Morgan fingerprint density at radius 2 is 1.58 bits per heavy atom. The molecule has 0 saturated heterocycles. The molecule has 2 atom stereocenters. The van der Waals surface area contributed by atoms with Gasteiger partial charge in [-0.1, -0.05) is 106 Å². The Morgan fingerprint density at radius 3 is 2.24 bits per heavy atom. The zero-order valence-electron chi connectivity index (χ0n) is 23.0. The second-order valence-corrected chi connectivity index (χ2v) is 11.1. The van der Waals surface area contributed by atoms with Gasteiger partial charge in [0.05, 0.1) is 0 Å². The first-order chi connectivity index (χ1) is 18.1. The highest BCUT2D eigenvalue weighted by Crippen LogP contribution is 2.31. The molecule has 5 nitrogen and oxygen atoms in total. The molecule has 0 aliphatic heterocycles. The summed E-state index contributed by atoms with van der Waals surface area (Å²) in [6.45, 7) is 10.3. The van der Waals surface area contributed by atoms with Gasteiger partial charge in [0.2, 0.25) is 5.91 Å². The molecule has 0 saturated carbocycles. The topological polar surface area (TPSA) is 58.6 Å². The number of carbonyl (C=O) groups excluding carboxylic acids is 2. The van der Waals surface area contributed by atoms with Crippen molar-refractivity contribution in [3.8, 4) is 5.75 Å². The summed E-state index contributed by atoms with van der Waals surface area (Å²) in [5.41, 5.74) is 2.60. The van der Waals surface area contributed by atoms with Crippen LogP contribution in [0.1, 0.15) is 57.7 Å². The lowest BCUT2D eigenvalue weighted by Crippen LogP contribution is -2.53. The zero-order valence-corrected chi connectivity index (χ0v) is 23.8. The maximum atomic E-state index is 13.9. The van der Waals surface area contributed by atoms with Crippen LogP contribution in [0.15, 0.2) is 78.9 Å². The minimum atomic E-state index is -0.739. The van der Waals surface area contributed by atoms with E-state index in [1.807, 2.05) is 86.6 Å². The Kier molecular flexibility index (Phi) is 10.4. The van der Waals surface area contributed by atoms with Gasteiger partial charge in [-0.2, -0.15) is 0 Å². The minimum Gasteiger partial charge on any atom is -0.483 e. The standard InChI is InChI=1S/C32H39ClN2O3/c1-6-23(2)34-31(37)28(20-24-14-8-7-9-15-24)35(21-25-16-10-12-18-27(25)33)30(36)22-38-29-19-13-11-17-26(29)32(3,4)5/h7-19,23,28H,6,20-22H2,1-5H3,(H,34,37)/t23-,28-/m0/s1. The molecule has 0 fully saturated rings. The second-order valence-electron chi connectivity index (χ2n) is 10.7. The highest BCUT2D eigenvalue weighted by molar-refractivity contribution is 6.31. The van der Waals surface area contributed by atoms with Gasteiger partial charge in [-0.25, -0.2) is 0 Å². The Bertz CT molecular complexity index is 1210. The first-order valence-corrected chi connectivity index (χ1v) is 13.6. The van der Waals surface area contributed by atoms with Crippen LogP contribution in [0.25, 0.3) is 0 Å². The lowest BCUT2D eigenvalue weighted by molar-refractivity contribution is -0.143. The number of rotatable bonds is 11. The van der Waals surface area contributed by atoms with Crippen LogP contribution in [0, 0.1) is 0 Å². The van der Waals surface area contributed by atoms with Crippen LogP contribution in [-0.2, 0) is 28.0 Å². The van der Waals surface area contributed by atoms with Crippen molar-refractivity contribution < 1.29 is 14.3 Å². The summed E-state index contributed by atoms with van der Waals surface area (Å²) in [4.78, 5) is 29.1. The number of hydrogen-bond donors (Lipinski definition) is 1. The van der Waals surface area contributed by atoms with Crippen LogP contribution in [0.2, 0.25) is 5.02 Å². The normalized spacial score (nSPS) is 12.9. The van der Waals surface area contributed by atoms with Crippen LogP contribution >= 0.6 is 11.6 Å². The monoisotopic (exact) mass is 534 g/mol. The average molecular weight is 535 g/mol. The van der Waals surface area contributed by atoms with Gasteiger partial charge in [0.15, 0.2) is 6.61 Å². The molecule has 0 aliphatic rings. The minimum absolute atomic E-state index is 0.0204. The van der Waals surface area contributed by atoms with Gasteiger partial charge in [0.1, 0.15) is 11.8 Å². The highest BCUT2D eigenvalue weighted by Gasteiger charge is 2.32. The first-order valence-electron chi connectivity index (χ1n) is 13.2. The van der Waals surface area contributed by atoms with Gasteiger partial charge in [0, 0.05) is 24.0 Å². The summed E-state index contributed by atoms with van der Waals surface area (Å²) in [7, 11) is 0. The fourth-order valence-corrected chi connectivity index (χ4v) is 4.44. The third-order valence-corrected chi connectivity index (χ3v) is 6.99. The molecule has 3 rings (SSSR count). The summed E-state index contributed by atoms with van der Waals surface area (Å²) in [5, 5.41) is 3.63. The van der Waals surface area contributed by atoms with Crippen molar-refractivity contribution in [1.82, 2.24) is 10.2 Å². The summed E-state index contributed by atoms with van der Waals surface area (Å²) in [5.74, 6) is 0.183. The third kappa shape index (κ3) is 8.09. The molecule has 0 bridgehead atoms. The van der Waals surface area contributed by atoms with Crippen LogP contribution < -0.4 is 10.1 Å². The molecule has 0 spiro atoms. The van der Waals surface area contributed by atoms with Crippen molar-refractivity contribution in [2.24, 2.45) is 0 Å². The van der Waals surface area contributed by atoms with E-state index in [4.69, 9.17) is 16.3 Å². The number of ether oxygens (including phenoxy) is 1. The molecule has 3 aromatic carbocycles. The zero-order chi connectivity index (χ0) is 27.7. The van der Waals surface area contributed by atoms with Gasteiger partial charge in [0.25, 0.3) is 5.91 Å². The molecule has 0 aliphatic carbocycles. The Balaban J connectivity index is 1.96. The maximum Gasteiger partial charge on any atom is 0.261 e. The highest BCUT2D eigenvalue weighted by atomic mass is 35.5. The van der Waals surface area contributed by atoms with Crippen LogP contribution in [-0.4, -0.2) is 35.4 Å². The van der Waals surface area contributed by atoms with Crippen LogP contribution in [0.4, 0.5) is 0 Å². The van der Waals surface area contributed by atoms with Crippen molar-refractivity contribution in [2.75, 3.05) is 6.61 Å². The van der Waals surface area contributed by atoms with E-state index >= 15 is 0 Å². The summed E-state index contributed by atoms with van der Waals surface area (Å²) < 4.78 is 6.10. The lowest BCUT2D eigenvalue weighted by atomic mass is 9.86. The molecule has 0 aromatic heterocycles. The van der Waals surface area contributed by atoms with Crippen molar-refractivity contribution in [1.29, 1.82) is 0 Å². The summed E-state index contributed by atoms with van der Waals surface area (Å²) in [6, 6.07) is 24.1. The number of amides is 2. The fraction of sp³-hybridized carbons (Fsp3) is 0.375. The molecule has 0 heterocycles. The number of carbonyl (C=O) groups is 2. The smallest absolute Gasteiger partial charge is 0.261 e. The predicted octanol–water partition coefficient (Wildman–Crippen LogP) is 6.57. The summed E-state index contributed by atoms with van der Waals surface area (Å²) >= 11 is 6.50. The van der Waals surface area contributed by atoms with E-state index < -0.39 is 6.04 Å². The van der Waals surface area contributed by atoms with E-state index in [2.05, 4.69) is 26.1 Å². The number of nitrogens with one attached hydrogen (secondary N) is 1. The molecule has 1 N–H and O–H groups in total. The third-order valence-electron chi connectivity index (χ3n) is 6.62. The van der Waals surface area contributed by atoms with Gasteiger partial charge >= 0.3 is 0 Å². The first kappa shape index (κ1) is 29.2. The van der Waals surface area contributed by atoms with Crippen molar-refractivity contribution in [2.45, 2.75) is 71.5 Å². The molecule has 202 valence electrons. The number of benzene rings is 3. The van der Waals surface area contributed by atoms with Crippen molar-refractivity contribution >= 4 is 23.4 Å². The van der Waals surface area contributed by atoms with E-state index in [0.717, 1.165) is 23.1 Å². The van der Waals surface area contributed by atoms with Gasteiger partial charge in [-0.3, -0.25) is 9.59 Å². The SMILES string of the molecule is CC[C@H](C)NC(=O)[C@H](Cc1ccccc1)N(Cc1ccccc1Cl)C(=O)COc1ccccc1C(C)(C)C. The Hall–Kier alpha value is -3.31. The molecule has 0 unspecified atom stereocenters. The molecule has 0 radical (unpaired) electrons. The Labute approximate surface area is 232 Å². The fourth-order valence-electron chi connectivity index (χ4n) is 4.24. The number of para-hydroxylation sites is 1. The van der Waals surface area contributed by atoms with E-state index in [1.165, 1.54) is 0 Å². The molecular weight excluding hydrogens is 496 g/mol. The van der Waals surface area contributed by atoms with Gasteiger partial charge in [-0.15, -0.1) is 0 Å². The van der Waals surface area contributed by atoms with E-state index in [1.54, 1.807) is 11.0 Å². The summed E-state index contributed by atoms with van der Waals surface area (Å²) in [6.07, 6.45) is 1.16. The molecule has 2 amide bonds. The van der Waals surface area contributed by atoms with Crippen LogP contribution in [0.3, 0.4) is 0 Å². The number of hydrogen-bond acceptors (Lipinski definition) is 3. The van der Waals surface area contributed by atoms with Crippen molar-refractivity contribution in [3.05, 3.63) is 101 Å². The van der Waals surface area contributed by atoms with Crippen LogP contribution in [0.5, 0.6) is 5.75 Å². The van der Waals surface area contributed by atoms with Gasteiger partial charge < -0.3 is 15.0 Å². The van der Waals surface area contributed by atoms with Gasteiger partial charge in [-0.05, 0) is 47.6 Å². The van der Waals surface area contributed by atoms with E-state index in [0.29, 0.717) is 17.2 Å². The number of nitrogens with zero attached hydrogens (tertiary/aromatic N) is 1. The average Bonchev–Trinajstić information content (AvgIpc) is 2.90. The second kappa shape index (κ2) is 13.5. The molecule has 3 aromatic rings. The quantitative estimate of drug-likeness (QED) is 0.302. The molecular formula is C32H39ClN2O3. The molecule has 6 heteroatoms. The molecule has 38 heavy (non-hydrogen) atoms. The van der Waals surface area contributed by atoms with Crippen molar-refractivity contribution in [3.63, 3.8) is 0 Å². The lowest BCUT2D eigenvalue weighted by Gasteiger charge is -2.32.